The molecule has 2 aromatic rings. The van der Waals surface area contributed by atoms with Crippen LogP contribution in [-0.2, 0) is 11.0 Å². The maximum absolute atomic E-state index is 12.9. The molecule has 1 fully saturated rings. The second-order valence-electron chi connectivity index (χ2n) is 7.37. The standard InChI is InChI=1S/C22H24F3N3O2/c1-15(21(30)26-19-8-6-17(7-9-19)16(2)29)27-10-12-28(13-11-27)20-5-3-4-18(14-20)22(23,24)25/h3-9,14-15H,10-13H2,1-2H3,(H,26,30). The van der Waals surface area contributed by atoms with E-state index in [0.29, 0.717) is 43.1 Å². The molecule has 160 valence electrons. The summed E-state index contributed by atoms with van der Waals surface area (Å²) in [5.41, 5.74) is 1.06. The van der Waals surface area contributed by atoms with Gasteiger partial charge in [0, 0.05) is 43.1 Å². The second-order valence-corrected chi connectivity index (χ2v) is 7.37. The molecule has 1 saturated heterocycles. The van der Waals surface area contributed by atoms with Crippen LogP contribution in [0.15, 0.2) is 48.5 Å². The van der Waals surface area contributed by atoms with E-state index >= 15 is 0 Å². The molecule has 1 aliphatic rings. The Morgan fingerprint density at radius 2 is 1.63 bits per heavy atom. The summed E-state index contributed by atoms with van der Waals surface area (Å²) in [7, 11) is 0. The van der Waals surface area contributed by atoms with Gasteiger partial charge in [0.2, 0.25) is 5.91 Å². The van der Waals surface area contributed by atoms with Gasteiger partial charge in [-0.3, -0.25) is 14.5 Å². The van der Waals surface area contributed by atoms with E-state index in [1.54, 1.807) is 37.3 Å². The van der Waals surface area contributed by atoms with Crippen LogP contribution in [0, 0.1) is 0 Å². The molecule has 0 radical (unpaired) electrons. The third-order valence-corrected chi connectivity index (χ3v) is 5.34. The van der Waals surface area contributed by atoms with E-state index in [9.17, 15) is 22.8 Å². The molecule has 8 heteroatoms. The molecule has 30 heavy (non-hydrogen) atoms. The van der Waals surface area contributed by atoms with Gasteiger partial charge < -0.3 is 10.2 Å². The van der Waals surface area contributed by atoms with Crippen molar-refractivity contribution in [3.63, 3.8) is 0 Å². The van der Waals surface area contributed by atoms with Crippen molar-refractivity contribution in [3.05, 3.63) is 59.7 Å². The van der Waals surface area contributed by atoms with Crippen LogP contribution < -0.4 is 10.2 Å². The van der Waals surface area contributed by atoms with Crippen molar-refractivity contribution < 1.29 is 22.8 Å². The molecular weight excluding hydrogens is 395 g/mol. The zero-order valence-electron chi connectivity index (χ0n) is 16.9. The van der Waals surface area contributed by atoms with E-state index < -0.39 is 11.7 Å². The SMILES string of the molecule is CC(=O)c1ccc(NC(=O)C(C)N2CCN(c3cccc(C(F)(F)F)c3)CC2)cc1. The minimum Gasteiger partial charge on any atom is -0.369 e. The van der Waals surface area contributed by atoms with Crippen molar-refractivity contribution in [2.24, 2.45) is 0 Å². The number of hydrogen-bond acceptors (Lipinski definition) is 4. The highest BCUT2D eigenvalue weighted by Gasteiger charge is 2.31. The summed E-state index contributed by atoms with van der Waals surface area (Å²) in [6.07, 6.45) is -4.37. The molecule has 1 N–H and O–H groups in total. The Hall–Kier alpha value is -2.87. The van der Waals surface area contributed by atoms with E-state index in [-0.39, 0.29) is 17.7 Å². The quantitative estimate of drug-likeness (QED) is 0.743. The fourth-order valence-electron chi connectivity index (χ4n) is 3.45. The van der Waals surface area contributed by atoms with Crippen LogP contribution in [-0.4, -0.2) is 48.8 Å². The first-order valence-electron chi connectivity index (χ1n) is 9.73. The number of piperazine rings is 1. The first-order valence-corrected chi connectivity index (χ1v) is 9.73. The third-order valence-electron chi connectivity index (χ3n) is 5.34. The number of anilines is 2. The molecule has 1 atom stereocenters. The first-order chi connectivity index (χ1) is 14.1. The van der Waals surface area contributed by atoms with E-state index in [1.807, 2.05) is 9.80 Å². The van der Waals surface area contributed by atoms with E-state index in [0.717, 1.165) is 12.1 Å². The lowest BCUT2D eigenvalue weighted by Gasteiger charge is -2.38. The molecule has 0 saturated carbocycles. The maximum Gasteiger partial charge on any atom is 0.416 e. The number of nitrogens with one attached hydrogen (secondary N) is 1. The summed E-state index contributed by atoms with van der Waals surface area (Å²) < 4.78 is 38.8. The molecular formula is C22H24F3N3O2. The highest BCUT2D eigenvalue weighted by molar-refractivity contribution is 5.97. The Balaban J connectivity index is 1.56. The van der Waals surface area contributed by atoms with Crippen LogP contribution in [0.4, 0.5) is 24.5 Å². The molecule has 1 amide bonds. The van der Waals surface area contributed by atoms with Crippen LogP contribution >= 0.6 is 0 Å². The average molecular weight is 419 g/mol. The Kier molecular flexibility index (Phi) is 6.45. The number of hydrogen-bond donors (Lipinski definition) is 1. The first kappa shape index (κ1) is 21.8. The van der Waals surface area contributed by atoms with E-state index in [2.05, 4.69) is 5.32 Å². The molecule has 0 spiro atoms. The number of nitrogens with zero attached hydrogens (tertiary/aromatic N) is 2. The second kappa shape index (κ2) is 8.87. The fraction of sp³-hybridized carbons (Fsp3) is 0.364. The number of carbonyl (C=O) groups excluding carboxylic acids is 2. The van der Waals surface area contributed by atoms with E-state index in [1.165, 1.54) is 13.0 Å². The van der Waals surface area contributed by atoms with Crippen molar-refractivity contribution in [2.75, 3.05) is 36.4 Å². The lowest BCUT2D eigenvalue weighted by molar-refractivity contribution is -0.137. The lowest BCUT2D eigenvalue weighted by atomic mass is 10.1. The number of ketones is 1. The van der Waals surface area contributed by atoms with Crippen LogP contribution in [0.1, 0.15) is 29.8 Å². The van der Waals surface area contributed by atoms with Gasteiger partial charge >= 0.3 is 6.18 Å². The lowest BCUT2D eigenvalue weighted by Crippen LogP contribution is -2.52. The Bertz CT molecular complexity index is 905. The summed E-state index contributed by atoms with van der Waals surface area (Å²) in [5, 5.41) is 2.84. The number of carbonyl (C=O) groups is 2. The van der Waals surface area contributed by atoms with Gasteiger partial charge in [0.25, 0.3) is 0 Å². The monoisotopic (exact) mass is 419 g/mol. The van der Waals surface area contributed by atoms with Gasteiger partial charge in [0.15, 0.2) is 5.78 Å². The number of alkyl halides is 3. The van der Waals surface area contributed by atoms with Gasteiger partial charge in [-0.2, -0.15) is 13.2 Å². The zero-order chi connectivity index (χ0) is 21.9. The van der Waals surface area contributed by atoms with Crippen molar-refractivity contribution in [3.8, 4) is 0 Å². The van der Waals surface area contributed by atoms with Crippen molar-refractivity contribution >= 4 is 23.1 Å². The van der Waals surface area contributed by atoms with Gasteiger partial charge in [-0.1, -0.05) is 6.07 Å². The predicted molar refractivity (Wildman–Crippen MR) is 110 cm³/mol. The summed E-state index contributed by atoms with van der Waals surface area (Å²) in [5.74, 6) is -0.210. The van der Waals surface area contributed by atoms with Crippen LogP contribution in [0.2, 0.25) is 0 Å². The minimum atomic E-state index is -4.37. The molecule has 0 bridgehead atoms. The number of Topliss-reactive ketones (excluding diaryl/α,β-unsaturated/α-hetero) is 1. The average Bonchev–Trinajstić information content (AvgIpc) is 2.73. The number of halogens is 3. The van der Waals surface area contributed by atoms with Crippen molar-refractivity contribution in [2.45, 2.75) is 26.1 Å². The van der Waals surface area contributed by atoms with E-state index in [4.69, 9.17) is 0 Å². The minimum absolute atomic E-state index is 0.0418. The molecule has 5 nitrogen and oxygen atoms in total. The smallest absolute Gasteiger partial charge is 0.369 e. The van der Waals surface area contributed by atoms with Crippen LogP contribution in [0.3, 0.4) is 0 Å². The highest BCUT2D eigenvalue weighted by Crippen LogP contribution is 2.32. The molecule has 1 unspecified atom stereocenters. The summed E-state index contributed by atoms with van der Waals surface area (Å²) >= 11 is 0. The molecule has 0 aliphatic carbocycles. The molecule has 2 aromatic carbocycles. The third kappa shape index (κ3) is 5.18. The van der Waals surface area contributed by atoms with Gasteiger partial charge in [-0.25, -0.2) is 0 Å². The van der Waals surface area contributed by atoms with Crippen LogP contribution in [0.25, 0.3) is 0 Å². The fourth-order valence-corrected chi connectivity index (χ4v) is 3.45. The Labute approximate surface area is 173 Å². The van der Waals surface area contributed by atoms with Crippen molar-refractivity contribution in [1.82, 2.24) is 4.90 Å². The molecule has 1 aliphatic heterocycles. The van der Waals surface area contributed by atoms with Gasteiger partial charge in [-0.15, -0.1) is 0 Å². The molecule has 0 aromatic heterocycles. The molecule has 1 heterocycles. The van der Waals surface area contributed by atoms with Gasteiger partial charge in [0.05, 0.1) is 11.6 Å². The number of rotatable bonds is 5. The summed E-state index contributed by atoms with van der Waals surface area (Å²) in [6.45, 7) is 5.48. The van der Waals surface area contributed by atoms with Gasteiger partial charge in [0.1, 0.15) is 0 Å². The van der Waals surface area contributed by atoms with Crippen LogP contribution in [0.5, 0.6) is 0 Å². The highest BCUT2D eigenvalue weighted by atomic mass is 19.4. The number of benzene rings is 2. The van der Waals surface area contributed by atoms with Crippen molar-refractivity contribution in [1.29, 1.82) is 0 Å². The Morgan fingerprint density at radius 1 is 1.00 bits per heavy atom. The topological polar surface area (TPSA) is 52.7 Å². The van der Waals surface area contributed by atoms with Gasteiger partial charge in [-0.05, 0) is 56.3 Å². The normalized spacial score (nSPS) is 16.2. The number of amides is 1. The summed E-state index contributed by atoms with van der Waals surface area (Å²) in [4.78, 5) is 27.8. The Morgan fingerprint density at radius 3 is 2.20 bits per heavy atom. The largest absolute Gasteiger partial charge is 0.416 e. The maximum atomic E-state index is 12.9. The predicted octanol–water partition coefficient (Wildman–Crippen LogP) is 4.06. The zero-order valence-corrected chi connectivity index (χ0v) is 16.9. The summed E-state index contributed by atoms with van der Waals surface area (Å²) in [6, 6.07) is 11.6. The molecule has 3 rings (SSSR count).